The lowest BCUT2D eigenvalue weighted by molar-refractivity contribution is 0.598. The number of rotatable bonds is 0. The van der Waals surface area contributed by atoms with E-state index in [2.05, 4.69) is 13.3 Å². The molecular formula is C9H22OP2+2. The summed E-state index contributed by atoms with van der Waals surface area (Å²) in [4.78, 5) is 10.0. The third-order valence-electron chi connectivity index (χ3n) is 2.74. The molecule has 0 aliphatic carbocycles. The summed E-state index contributed by atoms with van der Waals surface area (Å²) in [5.41, 5.74) is 0. The number of hydrogen-bond acceptors (Lipinski definition) is 1. The van der Waals surface area contributed by atoms with Gasteiger partial charge in [0.1, 0.15) is 7.49 Å². The van der Waals surface area contributed by atoms with Crippen molar-refractivity contribution in [3.63, 3.8) is 0 Å². The first-order valence-electron chi connectivity index (χ1n) is 4.99. The summed E-state index contributed by atoms with van der Waals surface area (Å²) >= 11 is 0. The van der Waals surface area contributed by atoms with Crippen molar-refractivity contribution in [3.8, 4) is 0 Å². The SMILES string of the molecule is C[PH+]1CCCC[P+](C)(O)CCC1. The largest absolute Gasteiger partial charge is 0.252 e. The molecule has 1 saturated heterocycles. The van der Waals surface area contributed by atoms with Gasteiger partial charge >= 0.3 is 0 Å². The van der Waals surface area contributed by atoms with E-state index in [0.717, 1.165) is 12.3 Å². The van der Waals surface area contributed by atoms with E-state index in [1.165, 1.54) is 31.6 Å². The molecule has 0 saturated carbocycles. The fraction of sp³-hybridized carbons (Fsp3) is 1.00. The molecule has 0 aromatic rings. The molecule has 1 fully saturated rings. The van der Waals surface area contributed by atoms with E-state index in [9.17, 15) is 4.89 Å². The summed E-state index contributed by atoms with van der Waals surface area (Å²) in [6.45, 7) is 4.56. The van der Waals surface area contributed by atoms with Crippen LogP contribution >= 0.6 is 15.4 Å². The first-order valence-corrected chi connectivity index (χ1v) is 9.96. The van der Waals surface area contributed by atoms with Crippen LogP contribution < -0.4 is 0 Å². The molecule has 2 atom stereocenters. The fourth-order valence-electron chi connectivity index (χ4n) is 1.84. The second-order valence-corrected chi connectivity index (χ2v) is 10.8. The van der Waals surface area contributed by atoms with Gasteiger partial charge in [0, 0.05) is 13.1 Å². The Bertz CT molecular complexity index is 136. The molecule has 12 heavy (non-hydrogen) atoms. The van der Waals surface area contributed by atoms with Crippen LogP contribution in [0.1, 0.15) is 19.3 Å². The van der Waals surface area contributed by atoms with Gasteiger partial charge in [-0.25, -0.2) is 0 Å². The lowest BCUT2D eigenvalue weighted by atomic mass is 10.4. The fourth-order valence-corrected chi connectivity index (χ4v) is 5.99. The molecule has 0 radical (unpaired) electrons. The average Bonchev–Trinajstić information content (AvgIpc) is 2.02. The van der Waals surface area contributed by atoms with Gasteiger partial charge < -0.3 is 0 Å². The monoisotopic (exact) mass is 208 g/mol. The molecule has 2 unspecified atom stereocenters. The van der Waals surface area contributed by atoms with Crippen molar-refractivity contribution < 1.29 is 4.89 Å². The van der Waals surface area contributed by atoms with Gasteiger partial charge in [0.15, 0.2) is 0 Å². The van der Waals surface area contributed by atoms with E-state index in [4.69, 9.17) is 0 Å². The van der Waals surface area contributed by atoms with Gasteiger partial charge in [0.25, 0.3) is 0 Å². The maximum Gasteiger partial charge on any atom is 0.139 e. The Balaban J connectivity index is 2.37. The van der Waals surface area contributed by atoms with Gasteiger partial charge in [0.2, 0.25) is 0 Å². The Kier molecular flexibility index (Phi) is 4.44. The minimum Gasteiger partial charge on any atom is -0.252 e. The number of hydrogen-bond donors (Lipinski definition) is 1. The summed E-state index contributed by atoms with van der Waals surface area (Å²) in [5.74, 6) is 0. The summed E-state index contributed by atoms with van der Waals surface area (Å²) in [6, 6.07) is 0. The molecule has 0 spiro atoms. The minimum atomic E-state index is -1.45. The molecule has 1 heterocycles. The van der Waals surface area contributed by atoms with Crippen LogP contribution in [-0.2, 0) is 0 Å². The van der Waals surface area contributed by atoms with E-state index in [-0.39, 0.29) is 7.92 Å². The third kappa shape index (κ3) is 4.17. The van der Waals surface area contributed by atoms with E-state index in [0.29, 0.717) is 0 Å². The van der Waals surface area contributed by atoms with Gasteiger partial charge in [0.05, 0.1) is 31.3 Å². The Morgan fingerprint density at radius 3 is 2.42 bits per heavy atom. The molecule has 0 bridgehead atoms. The minimum absolute atomic E-state index is 0.0179. The zero-order chi connectivity index (χ0) is 9.03. The molecule has 0 amide bonds. The highest BCUT2D eigenvalue weighted by Crippen LogP contribution is 2.53. The molecule has 1 aliphatic heterocycles. The Morgan fingerprint density at radius 2 is 1.67 bits per heavy atom. The first-order chi connectivity index (χ1) is 5.60. The van der Waals surface area contributed by atoms with Crippen molar-refractivity contribution in [2.45, 2.75) is 19.3 Å². The topological polar surface area (TPSA) is 20.2 Å². The maximum absolute atomic E-state index is 10.0. The van der Waals surface area contributed by atoms with Crippen molar-refractivity contribution in [1.29, 1.82) is 0 Å². The summed E-state index contributed by atoms with van der Waals surface area (Å²) in [6.07, 6.45) is 9.12. The predicted octanol–water partition coefficient (Wildman–Crippen LogP) is 2.57. The molecule has 0 aromatic carbocycles. The molecule has 1 nitrogen and oxygen atoms in total. The quantitative estimate of drug-likeness (QED) is 0.606. The van der Waals surface area contributed by atoms with Crippen LogP contribution in [0.4, 0.5) is 0 Å². The molecule has 1 rings (SSSR count). The van der Waals surface area contributed by atoms with Crippen LogP contribution in [0.3, 0.4) is 0 Å². The van der Waals surface area contributed by atoms with Crippen LogP contribution in [0.25, 0.3) is 0 Å². The molecule has 1 aliphatic rings. The van der Waals surface area contributed by atoms with E-state index in [1.807, 2.05) is 0 Å². The van der Waals surface area contributed by atoms with Crippen LogP contribution in [0.2, 0.25) is 0 Å². The van der Waals surface area contributed by atoms with Gasteiger partial charge in [-0.1, -0.05) is 0 Å². The Hall–Kier alpha value is 0.820. The van der Waals surface area contributed by atoms with Crippen molar-refractivity contribution >= 4 is 15.4 Å². The predicted molar refractivity (Wildman–Crippen MR) is 62.6 cm³/mol. The van der Waals surface area contributed by atoms with Crippen LogP contribution in [0, 0.1) is 0 Å². The van der Waals surface area contributed by atoms with Crippen molar-refractivity contribution in [2.24, 2.45) is 0 Å². The maximum atomic E-state index is 10.0. The van der Waals surface area contributed by atoms with Crippen molar-refractivity contribution in [1.82, 2.24) is 0 Å². The van der Waals surface area contributed by atoms with Gasteiger partial charge in [-0.15, -0.1) is 0 Å². The highest BCUT2D eigenvalue weighted by molar-refractivity contribution is 7.69. The summed E-state index contributed by atoms with van der Waals surface area (Å²) in [5, 5.41) is 0. The average molecular weight is 208 g/mol. The van der Waals surface area contributed by atoms with Crippen molar-refractivity contribution in [2.75, 3.05) is 38.0 Å². The third-order valence-corrected chi connectivity index (χ3v) is 7.71. The van der Waals surface area contributed by atoms with Crippen LogP contribution in [0.5, 0.6) is 0 Å². The van der Waals surface area contributed by atoms with Gasteiger partial charge in [-0.2, -0.15) is 0 Å². The zero-order valence-electron chi connectivity index (χ0n) is 8.34. The van der Waals surface area contributed by atoms with Crippen LogP contribution in [-0.4, -0.2) is 42.9 Å². The zero-order valence-corrected chi connectivity index (χ0v) is 10.2. The molecule has 72 valence electrons. The molecule has 0 aromatic heterocycles. The normalized spacial score (nSPS) is 39.8. The molecule has 3 heteroatoms. The lowest BCUT2D eigenvalue weighted by Gasteiger charge is -2.12. The Morgan fingerprint density at radius 1 is 1.08 bits per heavy atom. The highest BCUT2D eigenvalue weighted by atomic mass is 31.2. The molecule has 1 N–H and O–H groups in total. The van der Waals surface area contributed by atoms with Gasteiger partial charge in [-0.3, -0.25) is 4.89 Å². The van der Waals surface area contributed by atoms with E-state index < -0.39 is 7.49 Å². The Labute approximate surface area is 78.1 Å². The van der Waals surface area contributed by atoms with Crippen molar-refractivity contribution in [3.05, 3.63) is 0 Å². The first kappa shape index (κ1) is 10.9. The summed E-state index contributed by atoms with van der Waals surface area (Å²) < 4.78 is 0. The van der Waals surface area contributed by atoms with Gasteiger partial charge in [-0.05, 0) is 20.8 Å². The van der Waals surface area contributed by atoms with E-state index >= 15 is 0 Å². The second-order valence-electron chi connectivity index (χ2n) is 4.30. The smallest absolute Gasteiger partial charge is 0.139 e. The van der Waals surface area contributed by atoms with Crippen LogP contribution in [0.15, 0.2) is 0 Å². The standard InChI is InChI=1S/C9H21OP2/c1-11-6-3-4-8-12(2,10)9-5-7-11/h10H,3-9H2,1-2H3/q+1/p+1. The second kappa shape index (κ2) is 4.89. The lowest BCUT2D eigenvalue weighted by Crippen LogP contribution is -2.01. The summed E-state index contributed by atoms with van der Waals surface area (Å²) in [7, 11) is -1.46. The molecular weight excluding hydrogens is 186 g/mol. The highest BCUT2D eigenvalue weighted by Gasteiger charge is 2.29. The van der Waals surface area contributed by atoms with E-state index in [1.54, 1.807) is 0 Å².